The molecule has 1 saturated heterocycles. The summed E-state index contributed by atoms with van der Waals surface area (Å²) in [7, 11) is 0. The van der Waals surface area contributed by atoms with Crippen molar-refractivity contribution in [3.63, 3.8) is 0 Å². The number of aromatic nitrogens is 1. The lowest BCUT2D eigenvalue weighted by atomic mass is 9.96. The Morgan fingerprint density at radius 1 is 1.21 bits per heavy atom. The molecular weight excluding hydrogens is 388 g/mol. The molecule has 1 aliphatic heterocycles. The highest BCUT2D eigenvalue weighted by molar-refractivity contribution is 7.13. The zero-order valence-electron chi connectivity index (χ0n) is 16.1. The summed E-state index contributed by atoms with van der Waals surface area (Å²) in [5.41, 5.74) is 7.42. The van der Waals surface area contributed by atoms with Gasteiger partial charge in [-0.2, -0.15) is 0 Å². The van der Waals surface area contributed by atoms with Crippen molar-refractivity contribution in [1.29, 1.82) is 0 Å². The molecule has 1 aromatic carbocycles. The average Bonchev–Trinajstić information content (AvgIpc) is 3.38. The zero-order valence-corrected chi connectivity index (χ0v) is 16.9. The van der Waals surface area contributed by atoms with E-state index >= 15 is 0 Å². The van der Waals surface area contributed by atoms with Gasteiger partial charge in [0.15, 0.2) is 5.69 Å². The summed E-state index contributed by atoms with van der Waals surface area (Å²) in [5, 5.41) is 4.81. The molecule has 29 heavy (non-hydrogen) atoms. The van der Waals surface area contributed by atoms with E-state index in [0.717, 1.165) is 36.5 Å². The minimum atomic E-state index is -0.302. The van der Waals surface area contributed by atoms with Crippen molar-refractivity contribution in [2.75, 3.05) is 23.3 Å². The average molecular weight is 410 g/mol. The Kier molecular flexibility index (Phi) is 5.35. The highest BCUT2D eigenvalue weighted by Gasteiger charge is 2.23. The molecule has 150 valence electrons. The van der Waals surface area contributed by atoms with E-state index in [0.29, 0.717) is 17.3 Å². The fraction of sp³-hybridized carbons (Fsp3) is 0.286. The maximum atomic E-state index is 12.6. The number of nitrogens with one attached hydrogen (secondary N) is 1. The van der Waals surface area contributed by atoms with Gasteiger partial charge >= 0.3 is 0 Å². The number of piperidine rings is 1. The van der Waals surface area contributed by atoms with E-state index in [2.05, 4.69) is 15.2 Å². The third kappa shape index (κ3) is 4.17. The molecule has 7 nitrogen and oxygen atoms in total. The number of anilines is 2. The molecular formula is C21H22N4O3S. The molecule has 0 bridgehead atoms. The standard InChI is InChI=1S/C21H22N4O3S/c1-13-18(24-21(28-13)17-3-2-12-29-17)20(27)23-15-4-6-16(7-5-15)25-10-8-14(9-11-25)19(22)26/h2-7,12,14H,8-11H2,1H3,(H2,22,26)(H,23,27). The van der Waals surface area contributed by atoms with Crippen LogP contribution in [-0.4, -0.2) is 29.9 Å². The molecule has 1 aliphatic rings. The van der Waals surface area contributed by atoms with E-state index in [-0.39, 0.29) is 23.4 Å². The van der Waals surface area contributed by atoms with Gasteiger partial charge in [-0.05, 0) is 55.5 Å². The van der Waals surface area contributed by atoms with Crippen molar-refractivity contribution >= 4 is 34.5 Å². The lowest BCUT2D eigenvalue weighted by molar-refractivity contribution is -0.122. The van der Waals surface area contributed by atoms with Crippen molar-refractivity contribution < 1.29 is 14.0 Å². The normalized spacial score (nSPS) is 14.7. The van der Waals surface area contributed by atoms with E-state index in [1.165, 1.54) is 11.3 Å². The van der Waals surface area contributed by atoms with Crippen LogP contribution in [0.15, 0.2) is 46.2 Å². The van der Waals surface area contributed by atoms with Gasteiger partial charge in [-0.25, -0.2) is 4.98 Å². The number of rotatable bonds is 5. The summed E-state index contributed by atoms with van der Waals surface area (Å²) in [4.78, 5) is 31.4. The second kappa shape index (κ2) is 8.08. The molecule has 2 amide bonds. The van der Waals surface area contributed by atoms with Gasteiger partial charge in [-0.1, -0.05) is 6.07 Å². The quantitative estimate of drug-likeness (QED) is 0.668. The Morgan fingerprint density at radius 2 is 1.93 bits per heavy atom. The molecule has 0 atom stereocenters. The lowest BCUT2D eigenvalue weighted by Gasteiger charge is -2.32. The molecule has 3 N–H and O–H groups in total. The van der Waals surface area contributed by atoms with Gasteiger partial charge in [0.1, 0.15) is 5.76 Å². The number of benzene rings is 1. The molecule has 3 aromatic rings. The molecule has 0 aliphatic carbocycles. The molecule has 4 rings (SSSR count). The Labute approximate surface area is 172 Å². The first-order chi connectivity index (χ1) is 14.0. The number of oxazole rings is 1. The van der Waals surface area contributed by atoms with Gasteiger partial charge in [-0.15, -0.1) is 11.3 Å². The van der Waals surface area contributed by atoms with Crippen molar-refractivity contribution in [2.24, 2.45) is 11.7 Å². The van der Waals surface area contributed by atoms with Crippen LogP contribution in [0.3, 0.4) is 0 Å². The Bertz CT molecular complexity index is 1000. The minimum absolute atomic E-state index is 0.0328. The van der Waals surface area contributed by atoms with Crippen molar-refractivity contribution in [3.8, 4) is 10.8 Å². The third-order valence-corrected chi connectivity index (χ3v) is 5.99. The first kappa shape index (κ1) is 19.2. The summed E-state index contributed by atoms with van der Waals surface area (Å²) < 4.78 is 5.64. The van der Waals surface area contributed by atoms with Gasteiger partial charge in [0.05, 0.1) is 4.88 Å². The topological polar surface area (TPSA) is 101 Å². The zero-order chi connectivity index (χ0) is 20.4. The largest absolute Gasteiger partial charge is 0.440 e. The van der Waals surface area contributed by atoms with E-state index in [1.54, 1.807) is 6.92 Å². The van der Waals surface area contributed by atoms with E-state index in [9.17, 15) is 9.59 Å². The minimum Gasteiger partial charge on any atom is -0.440 e. The predicted octanol–water partition coefficient (Wildman–Crippen LogP) is 3.67. The number of nitrogens with zero attached hydrogens (tertiary/aromatic N) is 2. The third-order valence-electron chi connectivity index (χ3n) is 5.13. The summed E-state index contributed by atoms with van der Waals surface area (Å²) in [6.07, 6.45) is 1.54. The maximum Gasteiger partial charge on any atom is 0.277 e. The van der Waals surface area contributed by atoms with Crippen molar-refractivity contribution in [3.05, 3.63) is 53.2 Å². The molecule has 3 heterocycles. The monoisotopic (exact) mass is 410 g/mol. The molecule has 0 unspecified atom stereocenters. The second-order valence-corrected chi connectivity index (χ2v) is 8.01. The Hall–Kier alpha value is -3.13. The van der Waals surface area contributed by atoms with Crippen LogP contribution in [0, 0.1) is 12.8 Å². The smallest absolute Gasteiger partial charge is 0.277 e. The van der Waals surface area contributed by atoms with Crippen molar-refractivity contribution in [1.82, 2.24) is 4.98 Å². The van der Waals surface area contributed by atoms with E-state index in [1.807, 2.05) is 41.8 Å². The van der Waals surface area contributed by atoms with Crippen LogP contribution < -0.4 is 16.0 Å². The number of hydrogen-bond donors (Lipinski definition) is 2. The molecule has 0 spiro atoms. The Morgan fingerprint density at radius 3 is 2.55 bits per heavy atom. The first-order valence-electron chi connectivity index (χ1n) is 9.48. The van der Waals surface area contributed by atoms with Crippen LogP contribution in [0.1, 0.15) is 29.1 Å². The van der Waals surface area contributed by atoms with Gasteiger partial charge < -0.3 is 20.4 Å². The second-order valence-electron chi connectivity index (χ2n) is 7.07. The van der Waals surface area contributed by atoms with Crippen LogP contribution in [0.25, 0.3) is 10.8 Å². The number of hydrogen-bond acceptors (Lipinski definition) is 6. The summed E-state index contributed by atoms with van der Waals surface area (Å²) in [6, 6.07) is 11.5. The van der Waals surface area contributed by atoms with E-state index in [4.69, 9.17) is 10.2 Å². The van der Waals surface area contributed by atoms with Gasteiger partial charge in [0.25, 0.3) is 5.91 Å². The number of carbonyl (C=O) groups is 2. The summed E-state index contributed by atoms with van der Waals surface area (Å²) in [6.45, 7) is 3.32. The molecule has 0 saturated carbocycles. The maximum absolute atomic E-state index is 12.6. The van der Waals surface area contributed by atoms with Gasteiger partial charge in [-0.3, -0.25) is 9.59 Å². The van der Waals surface area contributed by atoms with E-state index < -0.39 is 0 Å². The SMILES string of the molecule is Cc1oc(-c2cccs2)nc1C(=O)Nc1ccc(N2CCC(C(N)=O)CC2)cc1. The molecule has 1 fully saturated rings. The van der Waals surface area contributed by atoms with Crippen LogP contribution in [0.4, 0.5) is 11.4 Å². The highest BCUT2D eigenvalue weighted by atomic mass is 32.1. The summed E-state index contributed by atoms with van der Waals surface area (Å²) in [5.74, 6) is 0.393. The number of amides is 2. The van der Waals surface area contributed by atoms with Crippen LogP contribution >= 0.6 is 11.3 Å². The predicted molar refractivity (Wildman–Crippen MR) is 113 cm³/mol. The first-order valence-corrected chi connectivity index (χ1v) is 10.4. The summed E-state index contributed by atoms with van der Waals surface area (Å²) >= 11 is 1.51. The van der Waals surface area contributed by atoms with Crippen molar-refractivity contribution in [2.45, 2.75) is 19.8 Å². The van der Waals surface area contributed by atoms with Crippen LogP contribution in [0.2, 0.25) is 0 Å². The number of nitrogens with two attached hydrogens (primary N) is 1. The molecule has 8 heteroatoms. The van der Waals surface area contributed by atoms with Crippen LogP contribution in [0.5, 0.6) is 0 Å². The molecule has 2 aromatic heterocycles. The highest BCUT2D eigenvalue weighted by Crippen LogP contribution is 2.27. The van der Waals surface area contributed by atoms with Gasteiger partial charge in [0.2, 0.25) is 11.8 Å². The molecule has 0 radical (unpaired) electrons. The number of carbonyl (C=O) groups excluding carboxylic acids is 2. The van der Waals surface area contributed by atoms with Gasteiger partial charge in [0, 0.05) is 30.4 Å². The lowest BCUT2D eigenvalue weighted by Crippen LogP contribution is -2.38. The number of thiophene rings is 1. The Balaban J connectivity index is 1.40. The fourth-order valence-corrected chi connectivity index (χ4v) is 4.13. The fourth-order valence-electron chi connectivity index (χ4n) is 3.48. The number of aryl methyl sites for hydroxylation is 1. The number of primary amides is 1. The van der Waals surface area contributed by atoms with Crippen LogP contribution in [-0.2, 0) is 4.79 Å².